The van der Waals surface area contributed by atoms with Crippen molar-refractivity contribution in [2.24, 2.45) is 11.8 Å². The molecule has 0 spiro atoms. The van der Waals surface area contributed by atoms with E-state index in [2.05, 4.69) is 35.1 Å². The first-order chi connectivity index (χ1) is 11.5. The van der Waals surface area contributed by atoms with Gasteiger partial charge in [0.15, 0.2) is 6.61 Å². The van der Waals surface area contributed by atoms with Crippen LogP contribution in [0.15, 0.2) is 34.8 Å². The Balaban J connectivity index is 1.74. The van der Waals surface area contributed by atoms with Gasteiger partial charge in [0, 0.05) is 16.6 Å². The van der Waals surface area contributed by atoms with Gasteiger partial charge in [0.1, 0.15) is 0 Å². The smallest absolute Gasteiger partial charge is 0.331 e. The van der Waals surface area contributed by atoms with Crippen LogP contribution in [0.2, 0.25) is 0 Å². The molecule has 3 atom stereocenters. The quantitative estimate of drug-likeness (QED) is 0.608. The van der Waals surface area contributed by atoms with Crippen molar-refractivity contribution in [1.82, 2.24) is 5.32 Å². The van der Waals surface area contributed by atoms with Gasteiger partial charge < -0.3 is 10.1 Å². The third kappa shape index (κ3) is 5.78. The van der Waals surface area contributed by atoms with Crippen LogP contribution in [0.3, 0.4) is 0 Å². The van der Waals surface area contributed by atoms with E-state index in [9.17, 15) is 9.59 Å². The number of rotatable bonds is 5. The normalized spacial score (nSPS) is 23.9. The van der Waals surface area contributed by atoms with Crippen LogP contribution in [-0.2, 0) is 14.3 Å². The molecule has 1 aromatic rings. The second kappa shape index (κ2) is 9.02. The second-order valence-electron chi connectivity index (χ2n) is 6.43. The SMILES string of the molecule is C[C@@H]1[C@H](C)CCC[C@@H]1NC(=O)COC(=O)/C=C/c1ccc(Br)cc1. The second-order valence-corrected chi connectivity index (χ2v) is 7.35. The highest BCUT2D eigenvalue weighted by molar-refractivity contribution is 9.10. The Morgan fingerprint density at radius 2 is 1.96 bits per heavy atom. The summed E-state index contributed by atoms with van der Waals surface area (Å²) in [7, 11) is 0. The average molecular weight is 394 g/mol. The van der Waals surface area contributed by atoms with E-state index in [1.54, 1.807) is 6.08 Å². The van der Waals surface area contributed by atoms with E-state index in [4.69, 9.17) is 4.74 Å². The third-order valence-corrected chi connectivity index (χ3v) is 5.21. The number of nitrogens with one attached hydrogen (secondary N) is 1. The molecule has 1 aliphatic carbocycles. The monoisotopic (exact) mass is 393 g/mol. The molecule has 0 unspecified atom stereocenters. The highest BCUT2D eigenvalue weighted by atomic mass is 79.9. The van der Waals surface area contributed by atoms with Crippen LogP contribution in [0, 0.1) is 11.8 Å². The van der Waals surface area contributed by atoms with Crippen LogP contribution in [0.5, 0.6) is 0 Å². The predicted molar refractivity (Wildman–Crippen MR) is 98.2 cm³/mol. The largest absolute Gasteiger partial charge is 0.452 e. The first-order valence-electron chi connectivity index (χ1n) is 8.35. The van der Waals surface area contributed by atoms with Crippen LogP contribution in [0.25, 0.3) is 6.08 Å². The van der Waals surface area contributed by atoms with Crippen molar-refractivity contribution in [3.05, 3.63) is 40.4 Å². The van der Waals surface area contributed by atoms with Crippen molar-refractivity contribution in [2.45, 2.75) is 39.2 Å². The molecule has 1 aromatic carbocycles. The maximum absolute atomic E-state index is 12.0. The summed E-state index contributed by atoms with van der Waals surface area (Å²) in [5, 5.41) is 2.99. The zero-order chi connectivity index (χ0) is 17.5. The molecule has 1 aliphatic rings. The van der Waals surface area contributed by atoms with Gasteiger partial charge in [-0.3, -0.25) is 4.79 Å². The molecular formula is C19H24BrNO3. The van der Waals surface area contributed by atoms with E-state index in [1.165, 1.54) is 12.5 Å². The molecule has 1 N–H and O–H groups in total. The van der Waals surface area contributed by atoms with Crippen LogP contribution in [-0.4, -0.2) is 24.5 Å². The van der Waals surface area contributed by atoms with Gasteiger partial charge in [-0.2, -0.15) is 0 Å². The Kier molecular flexibility index (Phi) is 7.03. The predicted octanol–water partition coefficient (Wildman–Crippen LogP) is 3.95. The summed E-state index contributed by atoms with van der Waals surface area (Å²) < 4.78 is 5.98. The van der Waals surface area contributed by atoms with Crippen LogP contribution >= 0.6 is 15.9 Å². The standard InChI is InChI=1S/C19H24BrNO3/c1-13-4-3-5-17(14(13)2)21-18(22)12-24-19(23)11-8-15-6-9-16(20)10-7-15/h6-11,13-14,17H,3-5,12H2,1-2H3,(H,21,22)/b11-8+/t13-,14-,17+/m1/s1. The molecule has 1 saturated carbocycles. The number of hydrogen-bond acceptors (Lipinski definition) is 3. The minimum Gasteiger partial charge on any atom is -0.452 e. The van der Waals surface area contributed by atoms with E-state index in [1.807, 2.05) is 24.3 Å². The van der Waals surface area contributed by atoms with E-state index < -0.39 is 5.97 Å². The molecule has 0 radical (unpaired) electrons. The Labute approximate surface area is 151 Å². The number of amides is 1. The van der Waals surface area contributed by atoms with Crippen molar-refractivity contribution in [3.8, 4) is 0 Å². The first kappa shape index (κ1) is 18.7. The maximum Gasteiger partial charge on any atom is 0.331 e. The number of carbonyl (C=O) groups is 2. The lowest BCUT2D eigenvalue weighted by atomic mass is 9.78. The van der Waals surface area contributed by atoms with Gasteiger partial charge in [-0.1, -0.05) is 54.8 Å². The van der Waals surface area contributed by atoms with Gasteiger partial charge in [0.2, 0.25) is 0 Å². The van der Waals surface area contributed by atoms with Crippen LogP contribution in [0.1, 0.15) is 38.7 Å². The molecule has 4 nitrogen and oxygen atoms in total. The molecule has 1 fully saturated rings. The summed E-state index contributed by atoms with van der Waals surface area (Å²) >= 11 is 3.35. The number of esters is 1. The molecule has 130 valence electrons. The van der Waals surface area contributed by atoms with Crippen molar-refractivity contribution in [2.75, 3.05) is 6.61 Å². The lowest BCUT2D eigenvalue weighted by Gasteiger charge is -2.34. The summed E-state index contributed by atoms with van der Waals surface area (Å²) in [6.45, 7) is 4.15. The van der Waals surface area contributed by atoms with Gasteiger partial charge in [-0.05, 0) is 42.0 Å². The number of benzene rings is 1. The molecule has 1 amide bonds. The minimum atomic E-state index is -0.516. The zero-order valence-corrected chi connectivity index (χ0v) is 15.7. The van der Waals surface area contributed by atoms with Crippen LogP contribution < -0.4 is 5.32 Å². The van der Waals surface area contributed by atoms with Crippen molar-refractivity contribution >= 4 is 33.9 Å². The molecular weight excluding hydrogens is 370 g/mol. The molecule has 0 heterocycles. The fourth-order valence-corrected chi connectivity index (χ4v) is 3.22. The number of carbonyl (C=O) groups excluding carboxylic acids is 2. The Bertz CT molecular complexity index is 597. The summed E-state index contributed by atoms with van der Waals surface area (Å²) in [6.07, 6.45) is 6.34. The summed E-state index contributed by atoms with van der Waals surface area (Å²) in [5.74, 6) is 0.320. The Morgan fingerprint density at radius 3 is 2.67 bits per heavy atom. The molecule has 24 heavy (non-hydrogen) atoms. The number of ether oxygens (including phenoxy) is 1. The molecule has 5 heteroatoms. The number of hydrogen-bond donors (Lipinski definition) is 1. The molecule has 0 aliphatic heterocycles. The average Bonchev–Trinajstić information content (AvgIpc) is 2.56. The van der Waals surface area contributed by atoms with E-state index in [0.29, 0.717) is 11.8 Å². The van der Waals surface area contributed by atoms with Crippen molar-refractivity contribution in [3.63, 3.8) is 0 Å². The van der Waals surface area contributed by atoms with E-state index in [-0.39, 0.29) is 18.6 Å². The maximum atomic E-state index is 12.0. The lowest BCUT2D eigenvalue weighted by Crippen LogP contribution is -2.45. The fraction of sp³-hybridized carbons (Fsp3) is 0.474. The summed E-state index contributed by atoms with van der Waals surface area (Å²) in [6, 6.07) is 7.73. The lowest BCUT2D eigenvalue weighted by molar-refractivity contribution is -0.144. The van der Waals surface area contributed by atoms with E-state index >= 15 is 0 Å². The van der Waals surface area contributed by atoms with Crippen molar-refractivity contribution in [1.29, 1.82) is 0 Å². The topological polar surface area (TPSA) is 55.4 Å². The van der Waals surface area contributed by atoms with E-state index in [0.717, 1.165) is 22.9 Å². The van der Waals surface area contributed by atoms with Crippen LogP contribution in [0.4, 0.5) is 0 Å². The molecule has 2 rings (SSSR count). The third-order valence-electron chi connectivity index (χ3n) is 4.68. The van der Waals surface area contributed by atoms with Gasteiger partial charge in [-0.25, -0.2) is 4.79 Å². The van der Waals surface area contributed by atoms with Gasteiger partial charge in [-0.15, -0.1) is 0 Å². The minimum absolute atomic E-state index is 0.179. The van der Waals surface area contributed by atoms with Gasteiger partial charge in [0.05, 0.1) is 0 Å². The zero-order valence-electron chi connectivity index (χ0n) is 14.1. The Morgan fingerprint density at radius 1 is 1.25 bits per heavy atom. The fourth-order valence-electron chi connectivity index (χ4n) is 2.96. The molecule has 0 saturated heterocycles. The summed E-state index contributed by atoms with van der Waals surface area (Å²) in [5.41, 5.74) is 0.893. The molecule has 0 aromatic heterocycles. The molecule has 0 bridgehead atoms. The van der Waals surface area contributed by atoms with Gasteiger partial charge in [0.25, 0.3) is 5.91 Å². The Hall–Kier alpha value is -1.62. The highest BCUT2D eigenvalue weighted by Crippen LogP contribution is 2.29. The first-order valence-corrected chi connectivity index (χ1v) is 9.15. The van der Waals surface area contributed by atoms with Crippen molar-refractivity contribution < 1.29 is 14.3 Å². The van der Waals surface area contributed by atoms with Gasteiger partial charge >= 0.3 is 5.97 Å². The number of halogens is 1. The highest BCUT2D eigenvalue weighted by Gasteiger charge is 2.28. The summed E-state index contributed by atoms with van der Waals surface area (Å²) in [4.78, 5) is 23.7.